The Morgan fingerprint density at radius 3 is 2.61 bits per heavy atom. The summed E-state index contributed by atoms with van der Waals surface area (Å²) in [4.78, 5) is 45.2. The third-order valence-electron chi connectivity index (χ3n) is 8.24. The van der Waals surface area contributed by atoms with Crippen molar-refractivity contribution in [2.24, 2.45) is 27.6 Å². The SMILES string of the molecule is CN1N=C2CCN(C(=O)[C@H](Cc3c[nH]c4ccccc34)C(C)(C)C(N)=O)C[C@@]2(Cc2ccc(F)cc2)C1=O. The number of fused-ring (bicyclic) bond motifs is 2. The molecule has 8 nitrogen and oxygen atoms in total. The van der Waals surface area contributed by atoms with E-state index in [2.05, 4.69) is 10.1 Å². The van der Waals surface area contributed by atoms with E-state index >= 15 is 0 Å². The number of H-pyrrole nitrogens is 1. The zero-order valence-electron chi connectivity index (χ0n) is 21.8. The van der Waals surface area contributed by atoms with Crippen LogP contribution in [0.15, 0.2) is 59.8 Å². The van der Waals surface area contributed by atoms with E-state index in [-0.39, 0.29) is 24.2 Å². The number of aromatic nitrogens is 1. The molecule has 5 rings (SSSR count). The zero-order valence-corrected chi connectivity index (χ0v) is 21.8. The van der Waals surface area contributed by atoms with Gasteiger partial charge in [0.25, 0.3) is 5.91 Å². The highest BCUT2D eigenvalue weighted by atomic mass is 19.1. The molecule has 3 N–H and O–H groups in total. The number of piperidine rings is 1. The normalized spacial score (nSPS) is 20.4. The number of hydrazone groups is 1. The monoisotopic (exact) mass is 517 g/mol. The highest BCUT2D eigenvalue weighted by Gasteiger charge is 2.54. The predicted octanol–water partition coefficient (Wildman–Crippen LogP) is 3.27. The zero-order chi connectivity index (χ0) is 27.2. The molecule has 3 amide bonds. The van der Waals surface area contributed by atoms with Gasteiger partial charge in [-0.05, 0) is 42.2 Å². The summed E-state index contributed by atoms with van der Waals surface area (Å²) in [7, 11) is 1.61. The van der Waals surface area contributed by atoms with Gasteiger partial charge in [0.05, 0.1) is 17.0 Å². The molecule has 38 heavy (non-hydrogen) atoms. The third kappa shape index (κ3) is 4.25. The topological polar surface area (TPSA) is 112 Å². The largest absolute Gasteiger partial charge is 0.369 e. The molecule has 1 aromatic heterocycles. The van der Waals surface area contributed by atoms with Gasteiger partial charge in [-0.25, -0.2) is 9.40 Å². The molecule has 2 aliphatic rings. The van der Waals surface area contributed by atoms with Crippen LogP contribution in [0.3, 0.4) is 0 Å². The number of benzene rings is 2. The van der Waals surface area contributed by atoms with E-state index in [1.165, 1.54) is 17.1 Å². The fraction of sp³-hybridized carbons (Fsp3) is 0.379. The van der Waals surface area contributed by atoms with Crippen LogP contribution in [0, 0.1) is 22.6 Å². The van der Waals surface area contributed by atoms with E-state index in [4.69, 9.17) is 5.73 Å². The molecule has 9 heteroatoms. The lowest BCUT2D eigenvalue weighted by atomic mass is 9.71. The van der Waals surface area contributed by atoms with Crippen molar-refractivity contribution >= 4 is 34.3 Å². The molecule has 0 radical (unpaired) electrons. The van der Waals surface area contributed by atoms with Crippen molar-refractivity contribution in [2.75, 3.05) is 20.1 Å². The summed E-state index contributed by atoms with van der Waals surface area (Å²) in [6, 6.07) is 13.9. The molecule has 0 bridgehead atoms. The number of aromatic amines is 1. The number of primary amides is 1. The van der Waals surface area contributed by atoms with Crippen molar-refractivity contribution in [3.63, 3.8) is 0 Å². The van der Waals surface area contributed by atoms with E-state index in [0.29, 0.717) is 25.8 Å². The fourth-order valence-electron chi connectivity index (χ4n) is 5.79. The molecule has 0 unspecified atom stereocenters. The van der Waals surface area contributed by atoms with Crippen LogP contribution < -0.4 is 5.73 Å². The van der Waals surface area contributed by atoms with E-state index in [9.17, 15) is 18.8 Å². The van der Waals surface area contributed by atoms with Crippen LogP contribution in [0.4, 0.5) is 4.39 Å². The van der Waals surface area contributed by atoms with Crippen molar-refractivity contribution in [2.45, 2.75) is 33.1 Å². The van der Waals surface area contributed by atoms with Gasteiger partial charge in [-0.1, -0.05) is 44.2 Å². The first-order valence-electron chi connectivity index (χ1n) is 12.8. The fourth-order valence-corrected chi connectivity index (χ4v) is 5.79. The second kappa shape index (κ2) is 9.38. The van der Waals surface area contributed by atoms with Crippen LogP contribution in [0.5, 0.6) is 0 Å². The van der Waals surface area contributed by atoms with Gasteiger partial charge in [0.1, 0.15) is 11.2 Å². The van der Waals surface area contributed by atoms with Gasteiger partial charge >= 0.3 is 0 Å². The first kappa shape index (κ1) is 25.6. The summed E-state index contributed by atoms with van der Waals surface area (Å²) >= 11 is 0. The van der Waals surface area contributed by atoms with Crippen LogP contribution in [0.1, 0.15) is 31.4 Å². The average Bonchev–Trinajstić information content (AvgIpc) is 3.41. The summed E-state index contributed by atoms with van der Waals surface area (Å²) in [5.74, 6) is -2.08. The molecular weight excluding hydrogens is 485 g/mol. The van der Waals surface area contributed by atoms with E-state index in [1.54, 1.807) is 37.9 Å². The Bertz CT molecular complexity index is 1440. The predicted molar refractivity (Wildman–Crippen MR) is 142 cm³/mol. The summed E-state index contributed by atoms with van der Waals surface area (Å²) < 4.78 is 13.6. The van der Waals surface area contributed by atoms with Crippen LogP contribution in [0.25, 0.3) is 10.9 Å². The molecule has 0 aliphatic carbocycles. The molecule has 198 valence electrons. The smallest absolute Gasteiger partial charge is 0.256 e. The Balaban J connectivity index is 1.49. The Morgan fingerprint density at radius 2 is 1.89 bits per heavy atom. The number of nitrogens with one attached hydrogen (secondary N) is 1. The van der Waals surface area contributed by atoms with E-state index in [1.807, 2.05) is 30.5 Å². The quantitative estimate of drug-likeness (QED) is 0.502. The van der Waals surface area contributed by atoms with E-state index < -0.39 is 22.7 Å². The standard InChI is InChI=1S/C29H32FN5O3/c1-28(2,26(31)37)22(14-19-16-32-23-7-5-4-6-21(19)23)25(36)35-13-12-24-29(17-35,27(38)34(3)33-24)15-18-8-10-20(30)11-9-18/h4-11,16,22,32H,12-15,17H2,1-3H3,(H2,31,37)/t22-,29+/m0/s1. The maximum absolute atomic E-state index is 14.2. The molecular formula is C29H32FN5O3. The lowest BCUT2D eigenvalue weighted by molar-refractivity contribution is -0.148. The molecule has 0 spiro atoms. The van der Waals surface area contributed by atoms with Gasteiger partial charge in [0.15, 0.2) is 0 Å². The highest BCUT2D eigenvalue weighted by molar-refractivity contribution is 6.13. The van der Waals surface area contributed by atoms with Crippen molar-refractivity contribution < 1.29 is 18.8 Å². The number of carbonyl (C=O) groups is 3. The summed E-state index contributed by atoms with van der Waals surface area (Å²) in [6.07, 6.45) is 2.91. The number of nitrogens with two attached hydrogens (primary N) is 1. The first-order valence-corrected chi connectivity index (χ1v) is 12.8. The first-order chi connectivity index (χ1) is 18.0. The maximum atomic E-state index is 14.2. The van der Waals surface area contributed by atoms with Crippen molar-refractivity contribution in [3.8, 4) is 0 Å². The summed E-state index contributed by atoms with van der Waals surface area (Å²) in [6.45, 7) is 3.91. The molecule has 2 atom stereocenters. The third-order valence-corrected chi connectivity index (χ3v) is 8.24. The maximum Gasteiger partial charge on any atom is 0.256 e. The molecule has 0 saturated carbocycles. The van der Waals surface area contributed by atoms with Crippen molar-refractivity contribution in [3.05, 3.63) is 71.7 Å². The second-order valence-corrected chi connectivity index (χ2v) is 11.0. The second-order valence-electron chi connectivity index (χ2n) is 11.0. The minimum absolute atomic E-state index is 0.129. The number of amides is 3. The minimum atomic E-state index is -1.13. The number of carbonyl (C=O) groups excluding carboxylic acids is 3. The highest BCUT2D eigenvalue weighted by Crippen LogP contribution is 2.40. The van der Waals surface area contributed by atoms with Crippen LogP contribution >= 0.6 is 0 Å². The average molecular weight is 518 g/mol. The number of nitrogens with zero attached hydrogens (tertiary/aromatic N) is 3. The van der Waals surface area contributed by atoms with Gasteiger partial charge in [-0.15, -0.1) is 0 Å². The molecule has 1 saturated heterocycles. The Morgan fingerprint density at radius 1 is 1.18 bits per heavy atom. The number of halogens is 1. The number of para-hydroxylation sites is 1. The van der Waals surface area contributed by atoms with Gasteiger partial charge in [0.2, 0.25) is 11.8 Å². The molecule has 1 fully saturated rings. The molecule has 2 aromatic carbocycles. The van der Waals surface area contributed by atoms with Gasteiger partial charge in [0, 0.05) is 43.7 Å². The van der Waals surface area contributed by atoms with Crippen molar-refractivity contribution in [1.82, 2.24) is 14.9 Å². The van der Waals surface area contributed by atoms with Gasteiger partial charge in [-0.3, -0.25) is 14.4 Å². The number of rotatable bonds is 7. The van der Waals surface area contributed by atoms with Crippen LogP contribution in [-0.4, -0.2) is 58.5 Å². The number of likely N-dealkylation sites (tertiary alicyclic amines) is 1. The molecule has 3 aromatic rings. The Labute approximate surface area is 220 Å². The summed E-state index contributed by atoms with van der Waals surface area (Å²) in [5, 5.41) is 6.82. The molecule has 3 heterocycles. The summed E-state index contributed by atoms with van der Waals surface area (Å²) in [5.41, 5.74) is 7.02. The Hall–Kier alpha value is -4.01. The van der Waals surface area contributed by atoms with Gasteiger partial charge in [-0.2, -0.15) is 5.10 Å². The number of hydrogen-bond acceptors (Lipinski definition) is 4. The Kier molecular flexibility index (Phi) is 6.33. The van der Waals surface area contributed by atoms with E-state index in [0.717, 1.165) is 27.7 Å². The van der Waals surface area contributed by atoms with Crippen molar-refractivity contribution in [1.29, 1.82) is 0 Å². The van der Waals surface area contributed by atoms with Crippen LogP contribution in [0.2, 0.25) is 0 Å². The lowest BCUT2D eigenvalue weighted by Gasteiger charge is -2.42. The lowest BCUT2D eigenvalue weighted by Crippen LogP contribution is -2.58. The molecule has 2 aliphatic heterocycles. The van der Waals surface area contributed by atoms with Gasteiger partial charge < -0.3 is 15.6 Å². The minimum Gasteiger partial charge on any atom is -0.369 e. The van der Waals surface area contributed by atoms with Crippen LogP contribution in [-0.2, 0) is 27.2 Å². The number of hydrogen-bond donors (Lipinski definition) is 2.